The van der Waals surface area contributed by atoms with Crippen molar-refractivity contribution in [3.63, 3.8) is 0 Å². The monoisotopic (exact) mass is 188 g/mol. The second-order valence-electron chi connectivity index (χ2n) is 2.72. The quantitative estimate of drug-likeness (QED) is 0.406. The van der Waals surface area contributed by atoms with Crippen LogP contribution in [0.15, 0.2) is 12.7 Å². The Morgan fingerprint density at radius 3 is 2.69 bits per heavy atom. The standard InChI is InChI=1S/C10H20O3/c1-4-6-12-9-10(5-2)13-8-7-11-3/h4,10H,1,5-9H2,2-3H3. The summed E-state index contributed by atoms with van der Waals surface area (Å²) in [6.45, 7) is 8.14. The van der Waals surface area contributed by atoms with E-state index < -0.39 is 0 Å². The lowest BCUT2D eigenvalue weighted by atomic mass is 10.3. The van der Waals surface area contributed by atoms with E-state index in [2.05, 4.69) is 13.5 Å². The van der Waals surface area contributed by atoms with E-state index in [9.17, 15) is 0 Å². The number of hydrogen-bond donors (Lipinski definition) is 0. The molecule has 0 radical (unpaired) electrons. The van der Waals surface area contributed by atoms with Gasteiger partial charge in [0.15, 0.2) is 0 Å². The molecule has 0 aliphatic carbocycles. The van der Waals surface area contributed by atoms with E-state index >= 15 is 0 Å². The van der Waals surface area contributed by atoms with Crippen molar-refractivity contribution in [2.45, 2.75) is 19.4 Å². The molecule has 0 aliphatic heterocycles. The molecule has 0 aliphatic rings. The zero-order valence-electron chi connectivity index (χ0n) is 8.62. The van der Waals surface area contributed by atoms with Gasteiger partial charge in [-0.15, -0.1) is 6.58 Å². The van der Waals surface area contributed by atoms with Gasteiger partial charge in [-0.3, -0.25) is 0 Å². The molecule has 0 bridgehead atoms. The first-order valence-corrected chi connectivity index (χ1v) is 4.64. The topological polar surface area (TPSA) is 27.7 Å². The van der Waals surface area contributed by atoms with Gasteiger partial charge in [0.1, 0.15) is 0 Å². The van der Waals surface area contributed by atoms with E-state index in [0.717, 1.165) is 6.42 Å². The van der Waals surface area contributed by atoms with Crippen LogP contribution in [0.2, 0.25) is 0 Å². The maximum Gasteiger partial charge on any atom is 0.0807 e. The highest BCUT2D eigenvalue weighted by molar-refractivity contribution is 4.64. The van der Waals surface area contributed by atoms with Crippen molar-refractivity contribution in [2.24, 2.45) is 0 Å². The first kappa shape index (κ1) is 12.6. The third-order valence-corrected chi connectivity index (χ3v) is 1.64. The van der Waals surface area contributed by atoms with Crippen molar-refractivity contribution >= 4 is 0 Å². The molecule has 0 saturated heterocycles. The van der Waals surface area contributed by atoms with Crippen LogP contribution in [-0.2, 0) is 14.2 Å². The molecule has 3 heteroatoms. The minimum atomic E-state index is 0.176. The Morgan fingerprint density at radius 1 is 1.38 bits per heavy atom. The molecule has 0 aromatic heterocycles. The Morgan fingerprint density at radius 2 is 2.15 bits per heavy atom. The summed E-state index contributed by atoms with van der Waals surface area (Å²) in [5, 5.41) is 0. The van der Waals surface area contributed by atoms with Crippen LogP contribution in [0.5, 0.6) is 0 Å². The minimum absolute atomic E-state index is 0.176. The third kappa shape index (κ3) is 7.96. The molecule has 0 rings (SSSR count). The lowest BCUT2D eigenvalue weighted by Crippen LogP contribution is -2.21. The Labute approximate surface area is 80.7 Å². The summed E-state index contributed by atoms with van der Waals surface area (Å²) in [6.07, 6.45) is 2.87. The summed E-state index contributed by atoms with van der Waals surface area (Å²) < 4.78 is 15.7. The van der Waals surface area contributed by atoms with E-state index in [-0.39, 0.29) is 6.10 Å². The molecule has 0 saturated carbocycles. The van der Waals surface area contributed by atoms with Crippen LogP contribution >= 0.6 is 0 Å². The second-order valence-corrected chi connectivity index (χ2v) is 2.72. The van der Waals surface area contributed by atoms with Crippen molar-refractivity contribution in [3.8, 4) is 0 Å². The summed E-state index contributed by atoms with van der Waals surface area (Å²) in [6, 6.07) is 0. The lowest BCUT2D eigenvalue weighted by Gasteiger charge is -2.15. The molecule has 78 valence electrons. The van der Waals surface area contributed by atoms with Crippen LogP contribution in [-0.4, -0.2) is 39.6 Å². The van der Waals surface area contributed by atoms with E-state index in [1.54, 1.807) is 13.2 Å². The van der Waals surface area contributed by atoms with Gasteiger partial charge in [0.2, 0.25) is 0 Å². The highest BCUT2D eigenvalue weighted by Crippen LogP contribution is 1.98. The van der Waals surface area contributed by atoms with Gasteiger partial charge in [-0.25, -0.2) is 0 Å². The predicted octanol–water partition coefficient (Wildman–Crippen LogP) is 1.63. The molecule has 0 heterocycles. The van der Waals surface area contributed by atoms with Gasteiger partial charge >= 0.3 is 0 Å². The Balaban J connectivity index is 3.33. The molecule has 3 nitrogen and oxygen atoms in total. The van der Waals surface area contributed by atoms with Gasteiger partial charge in [-0.1, -0.05) is 13.0 Å². The molecular weight excluding hydrogens is 168 g/mol. The minimum Gasteiger partial charge on any atom is -0.382 e. The van der Waals surface area contributed by atoms with Crippen molar-refractivity contribution in [1.29, 1.82) is 0 Å². The fraction of sp³-hybridized carbons (Fsp3) is 0.800. The summed E-state index contributed by atoms with van der Waals surface area (Å²) in [5.41, 5.74) is 0. The van der Waals surface area contributed by atoms with Crippen LogP contribution in [0, 0.1) is 0 Å². The number of ether oxygens (including phenoxy) is 3. The summed E-state index contributed by atoms with van der Waals surface area (Å²) in [7, 11) is 1.67. The number of methoxy groups -OCH3 is 1. The van der Waals surface area contributed by atoms with Crippen molar-refractivity contribution in [1.82, 2.24) is 0 Å². The van der Waals surface area contributed by atoms with Gasteiger partial charge in [-0.2, -0.15) is 0 Å². The third-order valence-electron chi connectivity index (χ3n) is 1.64. The predicted molar refractivity (Wildman–Crippen MR) is 52.9 cm³/mol. The van der Waals surface area contributed by atoms with Crippen LogP contribution in [0.25, 0.3) is 0 Å². The first-order valence-electron chi connectivity index (χ1n) is 4.64. The van der Waals surface area contributed by atoms with E-state index in [0.29, 0.717) is 26.4 Å². The smallest absolute Gasteiger partial charge is 0.0807 e. The highest BCUT2D eigenvalue weighted by atomic mass is 16.5. The second kappa shape index (κ2) is 9.71. The van der Waals surface area contributed by atoms with E-state index in [4.69, 9.17) is 14.2 Å². The highest BCUT2D eigenvalue weighted by Gasteiger charge is 2.05. The van der Waals surface area contributed by atoms with Gasteiger partial charge < -0.3 is 14.2 Å². The van der Waals surface area contributed by atoms with Crippen molar-refractivity contribution < 1.29 is 14.2 Å². The molecule has 1 unspecified atom stereocenters. The molecule has 1 atom stereocenters. The molecule has 0 aromatic rings. The lowest BCUT2D eigenvalue weighted by molar-refractivity contribution is -0.0288. The Hall–Kier alpha value is -0.380. The van der Waals surface area contributed by atoms with Crippen molar-refractivity contribution in [2.75, 3.05) is 33.5 Å². The normalized spacial score (nSPS) is 12.8. The van der Waals surface area contributed by atoms with Crippen LogP contribution in [0.3, 0.4) is 0 Å². The maximum absolute atomic E-state index is 5.49. The zero-order valence-corrected chi connectivity index (χ0v) is 8.62. The van der Waals surface area contributed by atoms with Gasteiger partial charge in [-0.05, 0) is 6.42 Å². The average molecular weight is 188 g/mol. The number of rotatable bonds is 9. The van der Waals surface area contributed by atoms with Crippen molar-refractivity contribution in [3.05, 3.63) is 12.7 Å². The van der Waals surface area contributed by atoms with Crippen LogP contribution < -0.4 is 0 Å². The molecule has 0 fully saturated rings. The molecule has 0 aromatic carbocycles. The van der Waals surface area contributed by atoms with E-state index in [1.807, 2.05) is 0 Å². The van der Waals surface area contributed by atoms with Gasteiger partial charge in [0, 0.05) is 7.11 Å². The van der Waals surface area contributed by atoms with Gasteiger partial charge in [0.25, 0.3) is 0 Å². The summed E-state index contributed by atoms with van der Waals surface area (Å²) in [5.74, 6) is 0. The Kier molecular flexibility index (Phi) is 9.42. The summed E-state index contributed by atoms with van der Waals surface area (Å²) >= 11 is 0. The van der Waals surface area contributed by atoms with Crippen LogP contribution in [0.1, 0.15) is 13.3 Å². The number of hydrogen-bond acceptors (Lipinski definition) is 3. The van der Waals surface area contributed by atoms with Crippen LogP contribution in [0.4, 0.5) is 0 Å². The largest absolute Gasteiger partial charge is 0.382 e. The average Bonchev–Trinajstić information content (AvgIpc) is 2.16. The van der Waals surface area contributed by atoms with Gasteiger partial charge in [0.05, 0.1) is 32.5 Å². The first-order chi connectivity index (χ1) is 6.35. The zero-order chi connectivity index (χ0) is 9.94. The fourth-order valence-electron chi connectivity index (χ4n) is 0.865. The molecule has 0 spiro atoms. The maximum atomic E-state index is 5.49. The molecule has 0 amide bonds. The molecule has 13 heavy (non-hydrogen) atoms. The molecule has 0 N–H and O–H groups in total. The fourth-order valence-corrected chi connectivity index (χ4v) is 0.865. The Bertz CT molecular complexity index is 115. The van der Waals surface area contributed by atoms with E-state index in [1.165, 1.54) is 0 Å². The summed E-state index contributed by atoms with van der Waals surface area (Å²) in [4.78, 5) is 0. The SMILES string of the molecule is C=CCOCC(CC)OCCOC. The molecular formula is C10H20O3.